The van der Waals surface area contributed by atoms with Gasteiger partial charge in [-0.1, -0.05) is 37.0 Å². The minimum Gasteiger partial charge on any atom is -0.342 e. The van der Waals surface area contributed by atoms with Crippen molar-refractivity contribution < 1.29 is 4.79 Å². The zero-order valence-electron chi connectivity index (χ0n) is 12.4. The molecular weight excluding hydrogens is 343 g/mol. The van der Waals surface area contributed by atoms with Gasteiger partial charge < -0.3 is 9.88 Å². The fourth-order valence-electron chi connectivity index (χ4n) is 2.06. The number of hydrogen-bond donors (Lipinski definition) is 2. The Balaban J connectivity index is 2.30. The number of amides is 1. The first kappa shape index (κ1) is 17.0. The molecule has 1 aromatic carbocycles. The Kier molecular flexibility index (Phi) is 5.26. The van der Waals surface area contributed by atoms with Gasteiger partial charge in [-0.2, -0.15) is 5.10 Å². The van der Waals surface area contributed by atoms with Crippen LogP contribution in [-0.2, 0) is 7.05 Å². The summed E-state index contributed by atoms with van der Waals surface area (Å²) in [6.45, 7) is 3.98. The molecule has 2 N–H and O–H groups in total. The first-order chi connectivity index (χ1) is 10.3. The van der Waals surface area contributed by atoms with Crippen molar-refractivity contribution in [3.63, 3.8) is 0 Å². The van der Waals surface area contributed by atoms with Gasteiger partial charge in [-0.15, -0.1) is 0 Å². The second kappa shape index (κ2) is 6.81. The molecule has 2 aromatic rings. The van der Waals surface area contributed by atoms with E-state index < -0.39 is 0 Å². The van der Waals surface area contributed by atoms with Crippen molar-refractivity contribution in [3.05, 3.63) is 44.4 Å². The lowest BCUT2D eigenvalue weighted by Gasteiger charge is -2.21. The molecule has 1 atom stereocenters. The Morgan fingerprint density at radius 1 is 1.41 bits per heavy atom. The molecule has 2 rings (SSSR count). The monoisotopic (exact) mass is 358 g/mol. The van der Waals surface area contributed by atoms with Gasteiger partial charge in [0.1, 0.15) is 0 Å². The van der Waals surface area contributed by atoms with Crippen LogP contribution in [0.1, 0.15) is 36.1 Å². The number of hydrogen-bond acceptors (Lipinski definition) is 3. The summed E-state index contributed by atoms with van der Waals surface area (Å²) in [6, 6.07) is 4.47. The van der Waals surface area contributed by atoms with Crippen molar-refractivity contribution in [1.29, 1.82) is 0 Å². The van der Waals surface area contributed by atoms with E-state index in [1.807, 2.05) is 13.8 Å². The lowest BCUT2D eigenvalue weighted by molar-refractivity contribution is 0.0922. The Bertz CT molecular complexity index is 754. The van der Waals surface area contributed by atoms with Crippen LogP contribution in [0.4, 0.5) is 0 Å². The maximum absolute atomic E-state index is 12.5. The van der Waals surface area contributed by atoms with Crippen LogP contribution in [0, 0.1) is 10.7 Å². The van der Waals surface area contributed by atoms with Crippen LogP contribution in [0.5, 0.6) is 0 Å². The predicted octanol–water partition coefficient (Wildman–Crippen LogP) is 3.91. The van der Waals surface area contributed by atoms with Gasteiger partial charge in [0.05, 0.1) is 16.6 Å². The normalized spacial score (nSPS) is 12.5. The maximum atomic E-state index is 12.5. The summed E-state index contributed by atoms with van der Waals surface area (Å²) < 4.78 is 2.24. The predicted molar refractivity (Wildman–Crippen MR) is 89.9 cm³/mol. The smallest absolute Gasteiger partial charge is 0.253 e. The van der Waals surface area contributed by atoms with Crippen LogP contribution < -0.4 is 5.32 Å². The second-order valence-corrected chi connectivity index (χ2v) is 6.50. The third-order valence-corrected chi connectivity index (χ3v) is 4.23. The van der Waals surface area contributed by atoms with Gasteiger partial charge in [0.15, 0.2) is 10.6 Å². The highest BCUT2D eigenvalue weighted by Crippen LogP contribution is 2.24. The van der Waals surface area contributed by atoms with Crippen LogP contribution in [0.3, 0.4) is 0 Å². The summed E-state index contributed by atoms with van der Waals surface area (Å²) >= 11 is 17.1. The highest BCUT2D eigenvalue weighted by atomic mass is 35.5. The lowest BCUT2D eigenvalue weighted by Crippen LogP contribution is -2.33. The van der Waals surface area contributed by atoms with Crippen molar-refractivity contribution in [2.75, 3.05) is 0 Å². The molecule has 0 aliphatic carbocycles. The topological polar surface area (TPSA) is 62.7 Å². The van der Waals surface area contributed by atoms with Crippen LogP contribution in [0.15, 0.2) is 18.2 Å². The Hall–Kier alpha value is -1.37. The van der Waals surface area contributed by atoms with Crippen LogP contribution in [0.2, 0.25) is 10.0 Å². The van der Waals surface area contributed by atoms with Gasteiger partial charge in [-0.05, 0) is 36.3 Å². The van der Waals surface area contributed by atoms with Crippen molar-refractivity contribution in [2.45, 2.75) is 19.9 Å². The zero-order valence-corrected chi connectivity index (χ0v) is 14.7. The number of carbonyl (C=O) groups excluding carboxylic acids is 1. The van der Waals surface area contributed by atoms with Crippen molar-refractivity contribution in [1.82, 2.24) is 20.1 Å². The molecule has 1 aromatic heterocycles. The molecule has 22 heavy (non-hydrogen) atoms. The number of aromatic amines is 1. The second-order valence-electron chi connectivity index (χ2n) is 5.27. The summed E-state index contributed by atoms with van der Waals surface area (Å²) in [4.78, 5) is 12.5. The number of halogens is 2. The fourth-order valence-corrected chi connectivity index (χ4v) is 2.69. The molecular formula is C14H16Cl2N4OS. The number of benzene rings is 1. The highest BCUT2D eigenvalue weighted by molar-refractivity contribution is 7.71. The first-order valence-corrected chi connectivity index (χ1v) is 7.85. The Labute approximate surface area is 143 Å². The van der Waals surface area contributed by atoms with E-state index in [9.17, 15) is 4.79 Å². The van der Waals surface area contributed by atoms with Crippen LogP contribution in [-0.4, -0.2) is 20.7 Å². The number of carbonyl (C=O) groups is 1. The quantitative estimate of drug-likeness (QED) is 0.814. The summed E-state index contributed by atoms with van der Waals surface area (Å²) in [5.74, 6) is 0.506. The molecule has 0 unspecified atom stereocenters. The van der Waals surface area contributed by atoms with E-state index >= 15 is 0 Å². The van der Waals surface area contributed by atoms with E-state index in [0.29, 0.717) is 26.2 Å². The number of rotatable bonds is 4. The molecule has 0 saturated carbocycles. The number of H-pyrrole nitrogens is 1. The molecule has 1 amide bonds. The summed E-state index contributed by atoms with van der Waals surface area (Å²) in [6.07, 6.45) is 0. The molecule has 0 aliphatic rings. The number of aromatic nitrogens is 3. The van der Waals surface area contributed by atoms with E-state index in [-0.39, 0.29) is 17.9 Å². The zero-order chi connectivity index (χ0) is 16.4. The largest absolute Gasteiger partial charge is 0.342 e. The minimum absolute atomic E-state index is 0.124. The maximum Gasteiger partial charge on any atom is 0.253 e. The fraction of sp³-hybridized carbons (Fsp3) is 0.357. The Morgan fingerprint density at radius 3 is 2.59 bits per heavy atom. The van der Waals surface area contributed by atoms with Gasteiger partial charge >= 0.3 is 0 Å². The van der Waals surface area contributed by atoms with E-state index in [1.54, 1.807) is 23.7 Å². The minimum atomic E-state index is -0.294. The van der Waals surface area contributed by atoms with E-state index in [2.05, 4.69) is 15.5 Å². The molecule has 0 bridgehead atoms. The van der Waals surface area contributed by atoms with E-state index in [1.165, 1.54) is 6.07 Å². The summed E-state index contributed by atoms with van der Waals surface area (Å²) in [5, 5.41) is 10.7. The number of nitrogens with one attached hydrogen (secondary N) is 2. The van der Waals surface area contributed by atoms with E-state index in [0.717, 1.165) is 0 Å². The van der Waals surface area contributed by atoms with Gasteiger partial charge in [0.25, 0.3) is 5.91 Å². The molecule has 0 spiro atoms. The SMILES string of the molecule is CC(C)[C@@H](NC(=O)c1ccc(Cl)cc1Cl)c1n[nH]c(=S)n1C. The van der Waals surface area contributed by atoms with Crippen LogP contribution >= 0.6 is 35.4 Å². The Morgan fingerprint density at radius 2 is 2.09 bits per heavy atom. The van der Waals surface area contributed by atoms with Crippen molar-refractivity contribution in [2.24, 2.45) is 13.0 Å². The summed E-state index contributed by atoms with van der Waals surface area (Å²) in [7, 11) is 1.80. The summed E-state index contributed by atoms with van der Waals surface area (Å²) in [5.41, 5.74) is 0.369. The molecule has 0 saturated heterocycles. The average Bonchev–Trinajstić information content (AvgIpc) is 2.76. The molecule has 0 aliphatic heterocycles. The third kappa shape index (κ3) is 3.51. The van der Waals surface area contributed by atoms with Gasteiger partial charge in [-0.25, -0.2) is 0 Å². The van der Waals surface area contributed by atoms with E-state index in [4.69, 9.17) is 35.4 Å². The molecule has 118 valence electrons. The highest BCUT2D eigenvalue weighted by Gasteiger charge is 2.24. The van der Waals surface area contributed by atoms with Crippen molar-refractivity contribution in [3.8, 4) is 0 Å². The third-order valence-electron chi connectivity index (χ3n) is 3.32. The molecule has 1 heterocycles. The average molecular weight is 359 g/mol. The van der Waals surface area contributed by atoms with Gasteiger partial charge in [0, 0.05) is 12.1 Å². The molecule has 8 heteroatoms. The standard InChI is InChI=1S/C14H16Cl2N4OS/c1-7(2)11(12-18-19-14(22)20(12)3)17-13(21)9-5-4-8(15)6-10(9)16/h4-7,11H,1-3H3,(H,17,21)(H,19,22)/t11-/m1/s1. The van der Waals surface area contributed by atoms with Gasteiger partial charge in [-0.3, -0.25) is 9.89 Å². The first-order valence-electron chi connectivity index (χ1n) is 6.68. The van der Waals surface area contributed by atoms with Crippen molar-refractivity contribution >= 4 is 41.3 Å². The molecule has 0 radical (unpaired) electrons. The molecule has 0 fully saturated rings. The van der Waals surface area contributed by atoms with Crippen LogP contribution in [0.25, 0.3) is 0 Å². The lowest BCUT2D eigenvalue weighted by atomic mass is 10.0. The number of nitrogens with zero attached hydrogens (tertiary/aromatic N) is 2. The molecule has 5 nitrogen and oxygen atoms in total. The van der Waals surface area contributed by atoms with Gasteiger partial charge in [0.2, 0.25) is 0 Å².